The minimum Gasteiger partial charge on any atom is -0.332 e. The minimum atomic E-state index is -0.858. The Balaban J connectivity index is 2.03. The molecule has 0 bridgehead atoms. The van der Waals surface area contributed by atoms with Crippen molar-refractivity contribution < 1.29 is 19.4 Å². The van der Waals surface area contributed by atoms with Crippen molar-refractivity contribution in [2.45, 2.75) is 6.92 Å². The van der Waals surface area contributed by atoms with Gasteiger partial charge >= 0.3 is 0 Å². The molecule has 0 atom stereocenters. The molecule has 14 heteroatoms. The van der Waals surface area contributed by atoms with Gasteiger partial charge < -0.3 is 16.0 Å². The number of amides is 2. The van der Waals surface area contributed by atoms with Crippen LogP contribution in [0, 0.1) is 20.2 Å². The van der Waals surface area contributed by atoms with Crippen LogP contribution in [0.15, 0.2) is 42.5 Å². The van der Waals surface area contributed by atoms with Crippen molar-refractivity contribution in [1.82, 2.24) is 10.6 Å². The molecule has 2 aromatic rings. The van der Waals surface area contributed by atoms with Crippen LogP contribution in [0.2, 0.25) is 0 Å². The standard InChI is InChI=1S/C17H14N6O6S2/c1-9(24)18-16(30)19-11-2-4-12(5-3-11)20-17(31)21-15(25)10-6-13(22(26)27)8-14(7-10)23(28)29/h2-8H,1H3,(H2,18,19,24,30)(H2,20,21,25,31). The summed E-state index contributed by atoms with van der Waals surface area (Å²) >= 11 is 9.98. The Morgan fingerprint density at radius 3 is 1.61 bits per heavy atom. The van der Waals surface area contributed by atoms with E-state index in [4.69, 9.17) is 24.4 Å². The Morgan fingerprint density at radius 1 is 0.806 bits per heavy atom. The first-order valence-corrected chi connectivity index (χ1v) is 9.11. The monoisotopic (exact) mass is 462 g/mol. The second kappa shape index (κ2) is 10.1. The third kappa shape index (κ3) is 7.06. The molecule has 0 spiro atoms. The van der Waals surface area contributed by atoms with Gasteiger partial charge in [-0.1, -0.05) is 0 Å². The van der Waals surface area contributed by atoms with Crippen molar-refractivity contribution in [3.05, 3.63) is 68.3 Å². The van der Waals surface area contributed by atoms with Gasteiger partial charge in [0, 0.05) is 30.4 Å². The van der Waals surface area contributed by atoms with Crippen molar-refractivity contribution in [2.75, 3.05) is 10.6 Å². The fourth-order valence-electron chi connectivity index (χ4n) is 2.23. The zero-order valence-electron chi connectivity index (χ0n) is 15.7. The van der Waals surface area contributed by atoms with Gasteiger partial charge in [0.05, 0.1) is 21.5 Å². The lowest BCUT2D eigenvalue weighted by Gasteiger charge is -2.11. The van der Waals surface area contributed by atoms with Gasteiger partial charge in [0.15, 0.2) is 10.2 Å². The Bertz CT molecular complexity index is 1060. The maximum Gasteiger partial charge on any atom is 0.277 e. The van der Waals surface area contributed by atoms with Gasteiger partial charge in [-0.3, -0.25) is 35.1 Å². The molecule has 0 aliphatic carbocycles. The Labute approximate surface area is 185 Å². The summed E-state index contributed by atoms with van der Waals surface area (Å²) in [5.74, 6) is -1.17. The van der Waals surface area contributed by atoms with Gasteiger partial charge in [0.25, 0.3) is 17.3 Å². The number of carbonyl (C=O) groups excluding carboxylic acids is 2. The Morgan fingerprint density at radius 2 is 1.23 bits per heavy atom. The van der Waals surface area contributed by atoms with Crippen LogP contribution in [0.1, 0.15) is 17.3 Å². The van der Waals surface area contributed by atoms with Crippen molar-refractivity contribution in [3.8, 4) is 0 Å². The maximum absolute atomic E-state index is 12.3. The van der Waals surface area contributed by atoms with Crippen LogP contribution in [0.5, 0.6) is 0 Å². The first kappa shape index (κ1) is 23.2. The molecule has 0 aliphatic rings. The third-order valence-corrected chi connectivity index (χ3v) is 3.91. The zero-order chi connectivity index (χ0) is 23.1. The van der Waals surface area contributed by atoms with Crippen LogP contribution in [-0.4, -0.2) is 31.9 Å². The largest absolute Gasteiger partial charge is 0.332 e. The number of carbonyl (C=O) groups is 2. The molecule has 0 saturated heterocycles. The van der Waals surface area contributed by atoms with Gasteiger partial charge in [-0.15, -0.1) is 0 Å². The first-order chi connectivity index (χ1) is 14.5. The molecule has 31 heavy (non-hydrogen) atoms. The van der Waals surface area contributed by atoms with Crippen LogP contribution in [0.25, 0.3) is 0 Å². The first-order valence-electron chi connectivity index (χ1n) is 8.30. The van der Waals surface area contributed by atoms with Gasteiger partial charge in [-0.05, 0) is 48.7 Å². The number of nitro groups is 2. The molecule has 0 aromatic heterocycles. The highest BCUT2D eigenvalue weighted by molar-refractivity contribution is 7.80. The van der Waals surface area contributed by atoms with Crippen LogP contribution in [0.4, 0.5) is 22.7 Å². The predicted molar refractivity (Wildman–Crippen MR) is 120 cm³/mol. The molecule has 12 nitrogen and oxygen atoms in total. The smallest absolute Gasteiger partial charge is 0.277 e. The van der Waals surface area contributed by atoms with E-state index in [1.54, 1.807) is 24.3 Å². The summed E-state index contributed by atoms with van der Waals surface area (Å²) in [7, 11) is 0. The molecule has 0 unspecified atom stereocenters. The fourth-order valence-corrected chi connectivity index (χ4v) is 2.71. The second-order valence-corrected chi connectivity index (χ2v) is 6.69. The molecule has 2 rings (SSSR count). The summed E-state index contributed by atoms with van der Waals surface area (Å²) < 4.78 is 0. The van der Waals surface area contributed by atoms with E-state index in [1.165, 1.54) is 6.92 Å². The lowest BCUT2D eigenvalue weighted by Crippen LogP contribution is -2.34. The van der Waals surface area contributed by atoms with E-state index < -0.39 is 27.1 Å². The molecule has 0 aliphatic heterocycles. The molecular weight excluding hydrogens is 448 g/mol. The van der Waals surface area contributed by atoms with Gasteiger partial charge in [-0.25, -0.2) is 0 Å². The highest BCUT2D eigenvalue weighted by Gasteiger charge is 2.20. The number of benzene rings is 2. The van der Waals surface area contributed by atoms with E-state index in [1.807, 2.05) is 0 Å². The van der Waals surface area contributed by atoms with E-state index in [9.17, 15) is 29.8 Å². The number of rotatable bonds is 5. The van der Waals surface area contributed by atoms with E-state index in [0.717, 1.165) is 18.2 Å². The van der Waals surface area contributed by atoms with Crippen LogP contribution in [-0.2, 0) is 4.79 Å². The minimum absolute atomic E-state index is 0.127. The summed E-state index contributed by atoms with van der Waals surface area (Å²) in [4.78, 5) is 43.5. The molecule has 0 fully saturated rings. The molecule has 0 heterocycles. The van der Waals surface area contributed by atoms with Gasteiger partial charge in [-0.2, -0.15) is 0 Å². The van der Waals surface area contributed by atoms with E-state index in [-0.39, 0.29) is 21.7 Å². The maximum atomic E-state index is 12.3. The van der Waals surface area contributed by atoms with E-state index >= 15 is 0 Å². The Kier molecular flexibility index (Phi) is 7.59. The second-order valence-electron chi connectivity index (χ2n) is 5.87. The summed E-state index contributed by atoms with van der Waals surface area (Å²) in [5, 5.41) is 32.1. The van der Waals surface area contributed by atoms with E-state index in [0.29, 0.717) is 11.4 Å². The van der Waals surface area contributed by atoms with Gasteiger partial charge in [0.2, 0.25) is 5.91 Å². The van der Waals surface area contributed by atoms with Gasteiger partial charge in [0.1, 0.15) is 0 Å². The number of thiocarbonyl (C=S) groups is 2. The molecule has 4 N–H and O–H groups in total. The lowest BCUT2D eigenvalue weighted by atomic mass is 10.1. The normalized spacial score (nSPS) is 9.84. The van der Waals surface area contributed by atoms with E-state index in [2.05, 4.69) is 21.3 Å². The SMILES string of the molecule is CC(=O)NC(=S)Nc1ccc(NC(=S)NC(=O)c2cc([N+](=O)[O-])cc([N+](=O)[O-])c2)cc1. The topological polar surface area (TPSA) is 169 Å². The summed E-state index contributed by atoms with van der Waals surface area (Å²) in [5.41, 5.74) is -0.414. The molecule has 0 radical (unpaired) electrons. The van der Waals surface area contributed by atoms with Crippen LogP contribution < -0.4 is 21.3 Å². The molecule has 2 amide bonds. The lowest BCUT2D eigenvalue weighted by molar-refractivity contribution is -0.394. The average molecular weight is 462 g/mol. The fraction of sp³-hybridized carbons (Fsp3) is 0.0588. The highest BCUT2D eigenvalue weighted by atomic mass is 32.1. The molecular formula is C17H14N6O6S2. The molecule has 160 valence electrons. The number of hydrogen-bond acceptors (Lipinski definition) is 8. The summed E-state index contributed by atoms with van der Waals surface area (Å²) in [6, 6.07) is 9.04. The van der Waals surface area contributed by atoms with Crippen molar-refractivity contribution in [3.63, 3.8) is 0 Å². The zero-order valence-corrected chi connectivity index (χ0v) is 17.3. The van der Waals surface area contributed by atoms with Crippen LogP contribution >= 0.6 is 24.4 Å². The molecule has 0 saturated carbocycles. The number of nitrogens with zero attached hydrogens (tertiary/aromatic N) is 2. The number of nitro benzene ring substituents is 2. The van der Waals surface area contributed by atoms with Crippen molar-refractivity contribution >= 4 is 69.2 Å². The van der Waals surface area contributed by atoms with Crippen molar-refractivity contribution in [1.29, 1.82) is 0 Å². The number of hydrogen-bond donors (Lipinski definition) is 4. The molecule has 2 aromatic carbocycles. The number of anilines is 2. The average Bonchev–Trinajstić information content (AvgIpc) is 2.68. The highest BCUT2D eigenvalue weighted by Crippen LogP contribution is 2.22. The number of non-ortho nitro benzene ring substituents is 2. The van der Waals surface area contributed by atoms with Crippen LogP contribution in [0.3, 0.4) is 0 Å². The number of nitrogens with one attached hydrogen (secondary N) is 4. The Hall–Kier alpha value is -4.04. The summed E-state index contributed by atoms with van der Waals surface area (Å²) in [6.45, 7) is 1.32. The third-order valence-electron chi connectivity index (χ3n) is 3.50. The predicted octanol–water partition coefficient (Wildman–Crippen LogP) is 2.46. The quantitative estimate of drug-likeness (QED) is 0.294. The van der Waals surface area contributed by atoms with Crippen molar-refractivity contribution in [2.24, 2.45) is 0 Å². The summed E-state index contributed by atoms with van der Waals surface area (Å²) in [6.07, 6.45) is 0.